The summed E-state index contributed by atoms with van der Waals surface area (Å²) in [5, 5.41) is 10.4. The van der Waals surface area contributed by atoms with Gasteiger partial charge in [0, 0.05) is 11.8 Å². The number of thioether (sulfide) groups is 1. The fourth-order valence-corrected chi connectivity index (χ4v) is 4.27. The lowest BCUT2D eigenvalue weighted by Crippen LogP contribution is -2.11. The summed E-state index contributed by atoms with van der Waals surface area (Å²) in [6.45, 7) is 7.07. The zero-order valence-electron chi connectivity index (χ0n) is 14.3. The maximum absolute atomic E-state index is 5.90. The highest BCUT2D eigenvalue weighted by atomic mass is 32.2. The summed E-state index contributed by atoms with van der Waals surface area (Å²) in [5.74, 6) is 1.72. The Bertz CT molecular complexity index is 677. The largest absolute Gasteiger partial charge is 0.486 e. The lowest BCUT2D eigenvalue weighted by Gasteiger charge is -2.20. The molecule has 24 heavy (non-hydrogen) atoms. The number of hydrogen-bond donors (Lipinski definition) is 0. The molecule has 1 saturated carbocycles. The molecule has 0 atom stereocenters. The molecule has 1 aromatic heterocycles. The van der Waals surface area contributed by atoms with E-state index in [0.29, 0.717) is 18.4 Å². The average molecular weight is 343 g/mol. The molecule has 0 N–H and O–H groups in total. The molecule has 0 radical (unpaired) electrons. The Morgan fingerprint density at radius 2 is 2.12 bits per heavy atom. The number of ether oxygens (including phenoxy) is 1. The van der Waals surface area contributed by atoms with Gasteiger partial charge in [0.1, 0.15) is 12.4 Å². The molecule has 4 nitrogen and oxygen atoms in total. The lowest BCUT2D eigenvalue weighted by atomic mass is 10.0. The smallest absolute Gasteiger partial charge is 0.191 e. The average Bonchev–Trinajstić information content (AvgIpc) is 2.96. The number of allylic oxidation sites excluding steroid dienone is 1. The van der Waals surface area contributed by atoms with E-state index in [0.717, 1.165) is 16.7 Å². The molecule has 128 valence electrons. The van der Waals surface area contributed by atoms with Crippen LogP contribution in [-0.4, -0.2) is 20.0 Å². The van der Waals surface area contributed by atoms with E-state index in [4.69, 9.17) is 4.74 Å². The summed E-state index contributed by atoms with van der Waals surface area (Å²) >= 11 is 1.86. The van der Waals surface area contributed by atoms with E-state index >= 15 is 0 Å². The second kappa shape index (κ2) is 8.38. The molecule has 3 rings (SSSR count). The monoisotopic (exact) mass is 343 g/mol. The molecule has 0 saturated heterocycles. The third-order valence-electron chi connectivity index (χ3n) is 4.29. The second-order valence-electron chi connectivity index (χ2n) is 6.28. The standard InChI is InChI=1S/C19H25N3OS/c1-3-12-22-18(14-23-16-9-7-8-15(2)13-16)20-21-19(22)24-17-10-5-4-6-11-17/h3,7-9,13,17H,1,4-6,10-12,14H2,2H3. The van der Waals surface area contributed by atoms with E-state index in [9.17, 15) is 0 Å². The van der Waals surface area contributed by atoms with Gasteiger partial charge in [-0.05, 0) is 37.5 Å². The number of benzene rings is 1. The van der Waals surface area contributed by atoms with Crippen molar-refractivity contribution in [3.05, 3.63) is 48.3 Å². The number of hydrogen-bond acceptors (Lipinski definition) is 4. The zero-order valence-corrected chi connectivity index (χ0v) is 15.1. The van der Waals surface area contributed by atoms with Crippen LogP contribution in [0, 0.1) is 6.92 Å². The summed E-state index contributed by atoms with van der Waals surface area (Å²) in [5.41, 5.74) is 1.19. The predicted molar refractivity (Wildman–Crippen MR) is 98.5 cm³/mol. The summed E-state index contributed by atoms with van der Waals surface area (Å²) < 4.78 is 8.02. The van der Waals surface area contributed by atoms with Gasteiger partial charge < -0.3 is 4.74 Å². The number of rotatable bonds is 7. The summed E-state index contributed by atoms with van der Waals surface area (Å²) in [6.07, 6.45) is 8.48. The molecule has 5 heteroatoms. The highest BCUT2D eigenvalue weighted by Crippen LogP contribution is 2.33. The first-order valence-corrected chi connectivity index (χ1v) is 9.53. The minimum absolute atomic E-state index is 0.426. The summed E-state index contributed by atoms with van der Waals surface area (Å²) in [7, 11) is 0. The minimum Gasteiger partial charge on any atom is -0.486 e. The van der Waals surface area contributed by atoms with Gasteiger partial charge in [-0.1, -0.05) is 49.2 Å². The predicted octanol–water partition coefficient (Wildman–Crippen LogP) is 4.78. The first-order chi connectivity index (χ1) is 11.8. The van der Waals surface area contributed by atoms with Crippen molar-refractivity contribution in [3.8, 4) is 5.75 Å². The zero-order chi connectivity index (χ0) is 16.8. The molecule has 2 aromatic rings. The number of aryl methyl sites for hydroxylation is 1. The highest BCUT2D eigenvalue weighted by molar-refractivity contribution is 7.99. The van der Waals surface area contributed by atoms with Gasteiger partial charge in [-0.2, -0.15) is 0 Å². The quantitative estimate of drug-likeness (QED) is 0.679. The van der Waals surface area contributed by atoms with Gasteiger partial charge in [0.15, 0.2) is 11.0 Å². The topological polar surface area (TPSA) is 39.9 Å². The number of nitrogens with zero attached hydrogens (tertiary/aromatic N) is 3. The van der Waals surface area contributed by atoms with Crippen LogP contribution in [0.3, 0.4) is 0 Å². The fraction of sp³-hybridized carbons (Fsp3) is 0.474. The van der Waals surface area contributed by atoms with Gasteiger partial charge in [0.05, 0.1) is 0 Å². The molecule has 0 aliphatic heterocycles. The normalized spacial score (nSPS) is 15.4. The molecule has 1 fully saturated rings. The van der Waals surface area contributed by atoms with E-state index < -0.39 is 0 Å². The van der Waals surface area contributed by atoms with Gasteiger partial charge in [0.2, 0.25) is 0 Å². The molecule has 1 aliphatic carbocycles. The van der Waals surface area contributed by atoms with Gasteiger partial charge in [0.25, 0.3) is 0 Å². The molecular formula is C19H25N3OS. The van der Waals surface area contributed by atoms with Crippen LogP contribution < -0.4 is 4.74 Å². The van der Waals surface area contributed by atoms with Gasteiger partial charge >= 0.3 is 0 Å². The van der Waals surface area contributed by atoms with Crippen LogP contribution in [0.5, 0.6) is 5.75 Å². The van der Waals surface area contributed by atoms with Crippen LogP contribution in [0.2, 0.25) is 0 Å². The van der Waals surface area contributed by atoms with E-state index in [1.807, 2.05) is 36.0 Å². The SMILES string of the molecule is C=CCn1c(COc2cccc(C)c2)nnc1SC1CCCCC1. The highest BCUT2D eigenvalue weighted by Gasteiger charge is 2.19. The molecule has 0 amide bonds. The maximum Gasteiger partial charge on any atom is 0.191 e. The van der Waals surface area contributed by atoms with Crippen LogP contribution in [0.25, 0.3) is 0 Å². The Morgan fingerprint density at radius 3 is 2.88 bits per heavy atom. The van der Waals surface area contributed by atoms with E-state index in [1.165, 1.54) is 37.7 Å². The lowest BCUT2D eigenvalue weighted by molar-refractivity contribution is 0.289. The molecule has 1 aliphatic rings. The van der Waals surface area contributed by atoms with Gasteiger partial charge in [-0.25, -0.2) is 0 Å². The minimum atomic E-state index is 0.426. The molecule has 1 heterocycles. The van der Waals surface area contributed by atoms with Crippen molar-refractivity contribution in [2.45, 2.75) is 62.6 Å². The molecule has 0 bridgehead atoms. The first kappa shape index (κ1) is 17.1. The van der Waals surface area contributed by atoms with Gasteiger partial charge in [-0.3, -0.25) is 4.57 Å². The molecule has 0 spiro atoms. The Labute approximate surface area is 148 Å². The van der Waals surface area contributed by atoms with Crippen molar-refractivity contribution in [2.75, 3.05) is 0 Å². The van der Waals surface area contributed by atoms with Crippen molar-refractivity contribution in [3.63, 3.8) is 0 Å². The molecule has 1 aromatic carbocycles. The summed E-state index contributed by atoms with van der Waals surface area (Å²) in [6, 6.07) is 8.07. The summed E-state index contributed by atoms with van der Waals surface area (Å²) in [4.78, 5) is 0. The third-order valence-corrected chi connectivity index (χ3v) is 5.60. The Morgan fingerprint density at radius 1 is 1.29 bits per heavy atom. The van der Waals surface area contributed by atoms with Gasteiger partial charge in [-0.15, -0.1) is 16.8 Å². The van der Waals surface area contributed by atoms with Crippen molar-refractivity contribution >= 4 is 11.8 Å². The van der Waals surface area contributed by atoms with Crippen LogP contribution in [0.15, 0.2) is 42.1 Å². The first-order valence-electron chi connectivity index (χ1n) is 8.65. The van der Waals surface area contributed by atoms with Crippen molar-refractivity contribution in [1.82, 2.24) is 14.8 Å². The molecule has 0 unspecified atom stereocenters. The second-order valence-corrected chi connectivity index (χ2v) is 7.55. The van der Waals surface area contributed by atoms with Crippen LogP contribution >= 0.6 is 11.8 Å². The van der Waals surface area contributed by atoms with Crippen LogP contribution in [0.4, 0.5) is 0 Å². The maximum atomic E-state index is 5.90. The van der Waals surface area contributed by atoms with E-state index in [2.05, 4.69) is 34.3 Å². The molecular weight excluding hydrogens is 318 g/mol. The van der Waals surface area contributed by atoms with Crippen molar-refractivity contribution in [2.24, 2.45) is 0 Å². The van der Waals surface area contributed by atoms with E-state index in [-0.39, 0.29) is 0 Å². The van der Waals surface area contributed by atoms with Crippen LogP contribution in [-0.2, 0) is 13.2 Å². The Balaban J connectivity index is 1.69. The van der Waals surface area contributed by atoms with Crippen molar-refractivity contribution in [1.29, 1.82) is 0 Å². The van der Waals surface area contributed by atoms with Crippen LogP contribution in [0.1, 0.15) is 43.5 Å². The fourth-order valence-electron chi connectivity index (χ4n) is 3.01. The third kappa shape index (κ3) is 4.41. The Kier molecular flexibility index (Phi) is 5.96. The Hall–Kier alpha value is -1.75. The number of aromatic nitrogens is 3. The van der Waals surface area contributed by atoms with Crippen molar-refractivity contribution < 1.29 is 4.74 Å². The van der Waals surface area contributed by atoms with E-state index in [1.54, 1.807) is 0 Å².